The first-order valence-electron chi connectivity index (χ1n) is 23.1. The minimum Gasteiger partial charge on any atom is -0.496 e. The molecule has 0 spiro atoms. The number of halogens is 1. The number of rotatable bonds is 16. The van der Waals surface area contributed by atoms with Crippen molar-refractivity contribution in [2.24, 2.45) is 23.5 Å². The number of ether oxygens (including phenoxy) is 2. The average Bonchev–Trinajstić information content (AvgIpc) is 3.26. The molecule has 2 bridgehead atoms. The smallest absolute Gasteiger partial charge is 0.329 e. The molecule has 1 aromatic carbocycles. The fraction of sp³-hybridized carbons (Fsp3) is 0.696. The Labute approximate surface area is 397 Å². The minimum absolute atomic E-state index is 0.00292. The van der Waals surface area contributed by atoms with Crippen molar-refractivity contribution in [3.05, 3.63) is 28.2 Å². The number of nitrogens with zero attached hydrogens (tertiary/aromatic N) is 2. The summed E-state index contributed by atoms with van der Waals surface area (Å²) in [6.07, 6.45) is -0.948. The predicted molar refractivity (Wildman–Crippen MR) is 249 cm³/mol. The number of hydrogen-bond donors (Lipinski definition) is 7. The van der Waals surface area contributed by atoms with E-state index in [9.17, 15) is 43.5 Å². The number of amides is 7. The van der Waals surface area contributed by atoms with E-state index in [-0.39, 0.29) is 44.6 Å². The number of esters is 1. The zero-order valence-corrected chi connectivity index (χ0v) is 41.7. The molecule has 1 unspecified atom stereocenters. The third kappa shape index (κ3) is 14.6. The maximum Gasteiger partial charge on any atom is 0.329 e. The maximum absolute atomic E-state index is 14.9. The van der Waals surface area contributed by atoms with E-state index in [1.54, 1.807) is 52.8 Å². The highest BCUT2D eigenvalue weighted by molar-refractivity contribution is 9.10. The number of benzene rings is 1. The molecule has 3 rings (SSSR count). The molecule has 2 saturated heterocycles. The molecule has 370 valence electrons. The number of aliphatic hydroxyl groups is 1. The third-order valence-corrected chi connectivity index (χ3v) is 12.9. The molecule has 1 aromatic rings. The van der Waals surface area contributed by atoms with Gasteiger partial charge in [0.25, 0.3) is 0 Å². The van der Waals surface area contributed by atoms with Crippen molar-refractivity contribution in [3.8, 4) is 5.75 Å². The van der Waals surface area contributed by atoms with Crippen LogP contribution in [0.5, 0.6) is 5.75 Å². The first-order valence-corrected chi connectivity index (χ1v) is 23.9. The number of carbonyl (C=O) groups excluding carboxylic acids is 8. The van der Waals surface area contributed by atoms with Crippen LogP contribution in [-0.2, 0) is 49.5 Å². The van der Waals surface area contributed by atoms with Crippen LogP contribution in [0.2, 0.25) is 0 Å². The molecule has 2 aliphatic rings. The number of aliphatic hydroxyl groups excluding tert-OH is 1. The van der Waals surface area contributed by atoms with Crippen LogP contribution in [0.15, 0.2) is 22.7 Å². The van der Waals surface area contributed by atoms with Crippen molar-refractivity contribution in [1.29, 1.82) is 0 Å². The number of nitrogens with two attached hydrogens (primary N) is 1. The molecule has 7 amide bonds. The van der Waals surface area contributed by atoms with Gasteiger partial charge in [0.05, 0.1) is 11.6 Å². The van der Waals surface area contributed by atoms with Crippen LogP contribution in [0.3, 0.4) is 0 Å². The molecule has 0 radical (unpaired) electrons. The van der Waals surface area contributed by atoms with Crippen LogP contribution in [0.1, 0.15) is 112 Å². The van der Waals surface area contributed by atoms with E-state index in [1.807, 2.05) is 13.8 Å². The van der Waals surface area contributed by atoms with Gasteiger partial charge < -0.3 is 56.7 Å². The van der Waals surface area contributed by atoms with Gasteiger partial charge in [-0.3, -0.25) is 33.6 Å². The van der Waals surface area contributed by atoms with Gasteiger partial charge in [0.2, 0.25) is 41.4 Å². The monoisotopic (exact) mass is 992 g/mol. The summed E-state index contributed by atoms with van der Waals surface area (Å²) in [5, 5.41) is 25.1. The molecule has 0 aromatic heterocycles. The zero-order valence-electron chi connectivity index (χ0n) is 40.1. The second-order valence-electron chi connectivity index (χ2n) is 18.1. The van der Waals surface area contributed by atoms with Gasteiger partial charge >= 0.3 is 5.97 Å². The summed E-state index contributed by atoms with van der Waals surface area (Å²) in [7, 11) is 2.92. The van der Waals surface area contributed by atoms with E-state index < -0.39 is 114 Å². The number of fused-ring (bicyclic) bond motifs is 2. The zero-order chi connectivity index (χ0) is 49.6. The van der Waals surface area contributed by atoms with Gasteiger partial charge in [-0.1, -0.05) is 61.0 Å². The maximum atomic E-state index is 14.9. The van der Waals surface area contributed by atoms with Crippen molar-refractivity contribution in [1.82, 2.24) is 36.4 Å². The summed E-state index contributed by atoms with van der Waals surface area (Å²) in [6, 6.07) is -4.04. The van der Waals surface area contributed by atoms with Crippen LogP contribution in [0.4, 0.5) is 0 Å². The van der Waals surface area contributed by atoms with Gasteiger partial charge in [-0.05, 0) is 103 Å². The van der Waals surface area contributed by atoms with E-state index in [2.05, 4.69) is 42.5 Å². The Morgan fingerprint density at radius 2 is 1.65 bits per heavy atom. The molecular weight excluding hydrogens is 920 g/mol. The highest BCUT2D eigenvalue weighted by atomic mass is 79.9. The molecule has 2 fully saturated rings. The fourth-order valence-electron chi connectivity index (χ4n) is 8.06. The number of methoxy groups -OCH3 is 1. The average molecular weight is 994 g/mol. The number of unbranched alkanes of at least 4 members (excludes halogenated alkanes) is 1. The lowest BCUT2D eigenvalue weighted by Gasteiger charge is -2.44. The van der Waals surface area contributed by atoms with Gasteiger partial charge in [0, 0.05) is 19.9 Å². The molecule has 2 heterocycles. The van der Waals surface area contributed by atoms with Gasteiger partial charge in [-0.15, -0.1) is 0 Å². The molecule has 2 aliphatic heterocycles. The minimum atomic E-state index is -1.63. The fourth-order valence-corrected chi connectivity index (χ4v) is 8.65. The van der Waals surface area contributed by atoms with Crippen molar-refractivity contribution in [3.63, 3.8) is 0 Å². The normalized spacial score (nSPS) is 26.0. The Morgan fingerprint density at radius 1 is 0.970 bits per heavy atom. The first kappa shape index (κ1) is 55.5. The van der Waals surface area contributed by atoms with Crippen molar-refractivity contribution >= 4 is 63.2 Å². The Kier molecular flexibility index (Phi) is 21.8. The van der Waals surface area contributed by atoms with E-state index in [0.717, 1.165) is 4.90 Å². The molecule has 0 saturated carbocycles. The summed E-state index contributed by atoms with van der Waals surface area (Å²) in [4.78, 5) is 116. The van der Waals surface area contributed by atoms with Crippen LogP contribution < -0.4 is 37.1 Å². The topological polar surface area (TPSA) is 268 Å². The molecule has 10 atom stereocenters. The molecule has 19 nitrogen and oxygen atoms in total. The summed E-state index contributed by atoms with van der Waals surface area (Å²) >= 11 is 3.49. The second kappa shape index (κ2) is 25.9. The second-order valence-corrected chi connectivity index (χ2v) is 18.9. The van der Waals surface area contributed by atoms with Crippen molar-refractivity contribution in [2.45, 2.75) is 168 Å². The Balaban J connectivity index is 2.26. The van der Waals surface area contributed by atoms with Crippen molar-refractivity contribution < 1.29 is 52.9 Å². The lowest BCUT2D eigenvalue weighted by atomic mass is 9.91. The van der Waals surface area contributed by atoms with Gasteiger partial charge in [-0.2, -0.15) is 0 Å². The standard InChI is InChI=1S/C46H73BrN8O11/c1-11-15-34(56)51-36(24(3)4)42(60)53-38-27(8)66-46(64)37(25(5)6)52-41(59)32(23-28-17-19-33(65-10)29(47)22-28)54(9)45(63)39(26(7)12-2)55-35(57)20-18-31(44(55)62)50-40(58)30(49-43(38)61)16-13-14-21-48/h17,19,22,24-27,30-32,35-39,57H,11-16,18,20-21,23,48H2,1-10H3,(H,49,61)(H,50,58)(H,51,56)(H,52,59)(H,53,60)/t26-,27+,30-,31-,32-,35+,36-,37?,38-,39-/m0/s1. The van der Waals surface area contributed by atoms with Crippen LogP contribution >= 0.6 is 15.9 Å². The lowest BCUT2D eigenvalue weighted by molar-refractivity contribution is -0.168. The number of hydrogen-bond acceptors (Lipinski definition) is 12. The summed E-state index contributed by atoms with van der Waals surface area (Å²) in [5.74, 6) is -6.98. The molecule has 8 N–H and O–H groups in total. The third-order valence-electron chi connectivity index (χ3n) is 12.3. The predicted octanol–water partition coefficient (Wildman–Crippen LogP) is 1.79. The van der Waals surface area contributed by atoms with Gasteiger partial charge in [0.15, 0.2) is 0 Å². The summed E-state index contributed by atoms with van der Waals surface area (Å²) in [5.41, 5.74) is 6.38. The van der Waals surface area contributed by atoms with E-state index in [4.69, 9.17) is 15.2 Å². The highest BCUT2D eigenvalue weighted by Gasteiger charge is 2.47. The van der Waals surface area contributed by atoms with E-state index in [1.165, 1.54) is 26.0 Å². The number of cyclic esters (lactones) is 1. The Bertz CT molecular complexity index is 1880. The first-order chi connectivity index (χ1) is 31.1. The Morgan fingerprint density at radius 3 is 2.23 bits per heavy atom. The molecule has 20 heteroatoms. The number of piperidine rings is 1. The Hall–Kier alpha value is -4.82. The largest absolute Gasteiger partial charge is 0.496 e. The van der Waals surface area contributed by atoms with Crippen LogP contribution in [0, 0.1) is 17.8 Å². The molecule has 0 aliphatic carbocycles. The van der Waals surface area contributed by atoms with Gasteiger partial charge in [0.1, 0.15) is 60.4 Å². The molecule has 66 heavy (non-hydrogen) atoms. The molecular formula is C46H73BrN8O11. The van der Waals surface area contributed by atoms with E-state index >= 15 is 0 Å². The van der Waals surface area contributed by atoms with Crippen LogP contribution in [0.25, 0.3) is 0 Å². The van der Waals surface area contributed by atoms with E-state index in [0.29, 0.717) is 41.5 Å². The van der Waals surface area contributed by atoms with Crippen molar-refractivity contribution in [2.75, 3.05) is 20.7 Å². The van der Waals surface area contributed by atoms with Gasteiger partial charge in [-0.25, -0.2) is 4.79 Å². The quantitative estimate of drug-likeness (QED) is 0.0924. The van der Waals surface area contributed by atoms with Crippen LogP contribution in [-0.4, -0.2) is 138 Å². The summed E-state index contributed by atoms with van der Waals surface area (Å²) < 4.78 is 11.9. The number of nitrogens with one attached hydrogen (secondary N) is 5. The lowest BCUT2D eigenvalue weighted by Crippen LogP contribution is -2.66. The SMILES string of the molecule is CCCC(=O)N[C@H](C(=O)N[C@@H]1C(=O)N[C@@H](CCCCN)C(=O)N[C@H]2CC[C@@H](O)N(C2=O)[C@@H]([C@@H](C)CC)C(=O)N(C)[C@@H](Cc2ccc(OC)c(Br)c2)C(=O)NC(C(C)C)C(=O)O[C@@H]1C)C(C)C. The number of likely N-dealkylation sites (N-methyl/N-ethyl adjacent to an activating group) is 1. The summed E-state index contributed by atoms with van der Waals surface area (Å²) in [6.45, 7) is 13.8. The highest BCUT2D eigenvalue weighted by Crippen LogP contribution is 2.29. The number of carbonyl (C=O) groups is 8.